The Morgan fingerprint density at radius 1 is 1.50 bits per heavy atom. The monoisotopic (exact) mass is 190 g/mol. The Bertz CT molecular complexity index is 330. The molecule has 14 heavy (non-hydrogen) atoms. The van der Waals surface area contributed by atoms with E-state index in [9.17, 15) is 0 Å². The zero-order valence-corrected chi connectivity index (χ0v) is 8.23. The number of rotatable bonds is 4. The summed E-state index contributed by atoms with van der Waals surface area (Å²) in [7, 11) is 0. The van der Waals surface area contributed by atoms with Crippen LogP contribution in [-0.2, 0) is 6.42 Å². The van der Waals surface area contributed by atoms with Gasteiger partial charge < -0.3 is 10.5 Å². The molecular weight excluding hydrogens is 176 g/mol. The zero-order chi connectivity index (χ0) is 10.4. The van der Waals surface area contributed by atoms with Crippen LogP contribution in [0.15, 0.2) is 24.3 Å². The Morgan fingerprint density at radius 3 is 2.86 bits per heavy atom. The van der Waals surface area contributed by atoms with E-state index in [1.165, 1.54) is 0 Å². The van der Waals surface area contributed by atoms with Gasteiger partial charge in [-0.25, -0.2) is 0 Å². The number of benzene rings is 1. The maximum Gasteiger partial charge on any atom is 0.127 e. The fourth-order valence-corrected chi connectivity index (χ4v) is 1.15. The molecule has 1 aromatic carbocycles. The number of ether oxygens (including phenoxy) is 1. The van der Waals surface area contributed by atoms with Gasteiger partial charge in [-0.05, 0) is 18.1 Å². The minimum atomic E-state index is -0.556. The third kappa shape index (κ3) is 2.75. The summed E-state index contributed by atoms with van der Waals surface area (Å²) in [6, 6.07) is 9.15. The van der Waals surface area contributed by atoms with E-state index in [0.29, 0.717) is 0 Å². The fraction of sp³-hybridized carbons (Fsp3) is 0.364. The topological polar surface area (TPSA) is 59.0 Å². The minimum absolute atomic E-state index is 0.244. The van der Waals surface area contributed by atoms with Gasteiger partial charge in [-0.2, -0.15) is 5.26 Å². The van der Waals surface area contributed by atoms with Gasteiger partial charge in [0.15, 0.2) is 0 Å². The van der Waals surface area contributed by atoms with Gasteiger partial charge in [0.25, 0.3) is 0 Å². The second kappa shape index (κ2) is 5.25. The molecule has 1 aromatic rings. The molecule has 74 valence electrons. The molecule has 0 amide bonds. The summed E-state index contributed by atoms with van der Waals surface area (Å²) in [5, 5.41) is 8.48. The van der Waals surface area contributed by atoms with Crippen molar-refractivity contribution in [2.75, 3.05) is 6.61 Å². The summed E-state index contributed by atoms with van der Waals surface area (Å²) in [6.45, 7) is 2.31. The first kappa shape index (κ1) is 10.6. The average molecular weight is 190 g/mol. The van der Waals surface area contributed by atoms with Gasteiger partial charge in [-0.3, -0.25) is 0 Å². The number of hydrogen-bond acceptors (Lipinski definition) is 3. The number of hydrogen-bond donors (Lipinski definition) is 1. The molecule has 3 heteroatoms. The maximum absolute atomic E-state index is 8.48. The van der Waals surface area contributed by atoms with E-state index in [4.69, 9.17) is 15.7 Å². The van der Waals surface area contributed by atoms with Crippen LogP contribution < -0.4 is 10.5 Å². The van der Waals surface area contributed by atoms with E-state index in [2.05, 4.69) is 6.92 Å². The first-order valence-corrected chi connectivity index (χ1v) is 4.63. The lowest BCUT2D eigenvalue weighted by Crippen LogP contribution is -2.25. The van der Waals surface area contributed by atoms with Gasteiger partial charge in [-0.15, -0.1) is 0 Å². The standard InChI is InChI=1S/C11H14N2O/c1-2-9-5-3-4-6-11(9)14-8-10(13)7-12/h3-6,10H,2,8,13H2,1H3. The van der Waals surface area contributed by atoms with Gasteiger partial charge in [0, 0.05) is 0 Å². The smallest absolute Gasteiger partial charge is 0.127 e. The zero-order valence-electron chi connectivity index (χ0n) is 8.23. The molecule has 0 saturated heterocycles. The van der Waals surface area contributed by atoms with Crippen molar-refractivity contribution in [2.24, 2.45) is 5.73 Å². The predicted octanol–water partition coefficient (Wildman–Crippen LogP) is 1.48. The van der Waals surface area contributed by atoms with Crippen molar-refractivity contribution >= 4 is 0 Å². The average Bonchev–Trinajstić information content (AvgIpc) is 2.26. The highest BCUT2D eigenvalue weighted by Crippen LogP contribution is 2.18. The highest BCUT2D eigenvalue weighted by Gasteiger charge is 2.03. The van der Waals surface area contributed by atoms with E-state index in [1.807, 2.05) is 30.3 Å². The highest BCUT2D eigenvalue weighted by atomic mass is 16.5. The van der Waals surface area contributed by atoms with Crippen LogP contribution in [-0.4, -0.2) is 12.6 Å². The number of nitrogens with two attached hydrogens (primary N) is 1. The molecule has 0 aliphatic heterocycles. The van der Waals surface area contributed by atoms with Gasteiger partial charge in [-0.1, -0.05) is 25.1 Å². The molecule has 1 atom stereocenters. The SMILES string of the molecule is CCc1ccccc1OCC(N)C#N. The fourth-order valence-electron chi connectivity index (χ4n) is 1.15. The second-order valence-corrected chi connectivity index (χ2v) is 3.01. The molecule has 0 aliphatic rings. The van der Waals surface area contributed by atoms with Crippen LogP contribution in [0.2, 0.25) is 0 Å². The summed E-state index contributed by atoms with van der Waals surface area (Å²) in [6.07, 6.45) is 0.915. The summed E-state index contributed by atoms with van der Waals surface area (Å²) in [5.41, 5.74) is 6.56. The molecule has 0 heterocycles. The molecule has 0 radical (unpaired) electrons. The van der Waals surface area contributed by atoms with Crippen molar-refractivity contribution < 1.29 is 4.74 Å². The Balaban J connectivity index is 2.63. The number of para-hydroxylation sites is 1. The van der Waals surface area contributed by atoms with E-state index in [0.717, 1.165) is 17.7 Å². The Kier molecular flexibility index (Phi) is 3.96. The molecule has 0 spiro atoms. The third-order valence-corrected chi connectivity index (χ3v) is 1.94. The quantitative estimate of drug-likeness (QED) is 0.782. The van der Waals surface area contributed by atoms with Crippen LogP contribution in [0.4, 0.5) is 0 Å². The Morgan fingerprint density at radius 2 is 2.21 bits per heavy atom. The molecule has 1 rings (SSSR count). The van der Waals surface area contributed by atoms with Crippen molar-refractivity contribution in [1.82, 2.24) is 0 Å². The molecule has 0 fully saturated rings. The van der Waals surface area contributed by atoms with Crippen LogP contribution >= 0.6 is 0 Å². The Labute approximate surface area is 84.1 Å². The lowest BCUT2D eigenvalue weighted by molar-refractivity contribution is 0.306. The predicted molar refractivity (Wildman–Crippen MR) is 54.9 cm³/mol. The van der Waals surface area contributed by atoms with E-state index < -0.39 is 6.04 Å². The summed E-state index contributed by atoms with van der Waals surface area (Å²) in [4.78, 5) is 0. The lowest BCUT2D eigenvalue weighted by atomic mass is 10.1. The molecule has 0 bridgehead atoms. The van der Waals surface area contributed by atoms with E-state index in [-0.39, 0.29) is 6.61 Å². The Hall–Kier alpha value is -1.53. The normalized spacial score (nSPS) is 11.8. The van der Waals surface area contributed by atoms with E-state index in [1.54, 1.807) is 0 Å². The molecule has 1 unspecified atom stereocenters. The lowest BCUT2D eigenvalue weighted by Gasteiger charge is -2.10. The van der Waals surface area contributed by atoms with E-state index >= 15 is 0 Å². The summed E-state index contributed by atoms with van der Waals surface area (Å²) in [5.74, 6) is 0.820. The van der Waals surface area contributed by atoms with Crippen LogP contribution in [0.1, 0.15) is 12.5 Å². The molecule has 3 nitrogen and oxygen atoms in total. The molecule has 0 aromatic heterocycles. The van der Waals surface area contributed by atoms with Crippen molar-refractivity contribution in [3.8, 4) is 11.8 Å². The van der Waals surface area contributed by atoms with Crippen LogP contribution in [0.3, 0.4) is 0 Å². The third-order valence-electron chi connectivity index (χ3n) is 1.94. The van der Waals surface area contributed by atoms with Gasteiger partial charge in [0.05, 0.1) is 6.07 Å². The van der Waals surface area contributed by atoms with Crippen molar-refractivity contribution in [1.29, 1.82) is 5.26 Å². The maximum atomic E-state index is 8.48. The van der Waals surface area contributed by atoms with Crippen molar-refractivity contribution in [3.05, 3.63) is 29.8 Å². The minimum Gasteiger partial charge on any atom is -0.491 e. The summed E-state index contributed by atoms with van der Waals surface area (Å²) >= 11 is 0. The van der Waals surface area contributed by atoms with Gasteiger partial charge in [0.2, 0.25) is 0 Å². The molecule has 2 N–H and O–H groups in total. The van der Waals surface area contributed by atoms with Gasteiger partial charge in [0.1, 0.15) is 18.4 Å². The summed E-state index contributed by atoms with van der Waals surface area (Å²) < 4.78 is 5.43. The number of nitrogens with zero attached hydrogens (tertiary/aromatic N) is 1. The van der Waals surface area contributed by atoms with Crippen molar-refractivity contribution in [2.45, 2.75) is 19.4 Å². The number of aryl methyl sites for hydroxylation is 1. The first-order valence-electron chi connectivity index (χ1n) is 4.63. The first-order chi connectivity index (χ1) is 6.77. The molecular formula is C11H14N2O. The van der Waals surface area contributed by atoms with Crippen molar-refractivity contribution in [3.63, 3.8) is 0 Å². The van der Waals surface area contributed by atoms with Crippen LogP contribution in [0.25, 0.3) is 0 Å². The van der Waals surface area contributed by atoms with Gasteiger partial charge >= 0.3 is 0 Å². The van der Waals surface area contributed by atoms with Crippen LogP contribution in [0, 0.1) is 11.3 Å². The van der Waals surface area contributed by atoms with Crippen LogP contribution in [0.5, 0.6) is 5.75 Å². The molecule has 0 aliphatic carbocycles. The number of nitriles is 1. The second-order valence-electron chi connectivity index (χ2n) is 3.01. The highest BCUT2D eigenvalue weighted by molar-refractivity contribution is 5.33. The largest absolute Gasteiger partial charge is 0.491 e. The molecule has 0 saturated carbocycles.